The van der Waals surface area contributed by atoms with Crippen molar-refractivity contribution in [2.24, 2.45) is 11.0 Å². The van der Waals surface area contributed by atoms with Gasteiger partial charge >= 0.3 is 0 Å². The Balaban J connectivity index is 1.42. The van der Waals surface area contributed by atoms with E-state index < -0.39 is 0 Å². The minimum atomic E-state index is -0.147. The summed E-state index contributed by atoms with van der Waals surface area (Å²) in [7, 11) is 0. The molecule has 2 N–H and O–H groups in total. The fourth-order valence-electron chi connectivity index (χ4n) is 3.17. The third-order valence-corrected chi connectivity index (χ3v) is 4.49. The number of fused-ring (bicyclic) bond motifs is 1. The Morgan fingerprint density at radius 2 is 2.00 bits per heavy atom. The molecule has 1 aromatic heterocycles. The molecule has 27 heavy (non-hydrogen) atoms. The number of amides is 2. The molecule has 2 aromatic carbocycles. The van der Waals surface area contributed by atoms with Gasteiger partial charge in [0.2, 0.25) is 11.8 Å². The first-order valence-electron chi connectivity index (χ1n) is 8.77. The van der Waals surface area contributed by atoms with Crippen molar-refractivity contribution in [2.75, 3.05) is 5.32 Å². The Kier molecular flexibility index (Phi) is 4.42. The van der Waals surface area contributed by atoms with Crippen molar-refractivity contribution in [3.63, 3.8) is 0 Å². The summed E-state index contributed by atoms with van der Waals surface area (Å²) >= 11 is 0. The summed E-state index contributed by atoms with van der Waals surface area (Å²) < 4.78 is 1.63. The molecule has 1 aliphatic rings. The largest absolute Gasteiger partial charge is 0.324 e. The average Bonchev–Trinajstić information content (AvgIpc) is 3.04. The van der Waals surface area contributed by atoms with Crippen LogP contribution in [0.4, 0.5) is 5.69 Å². The van der Waals surface area contributed by atoms with Gasteiger partial charge in [-0.25, -0.2) is 5.43 Å². The second kappa shape index (κ2) is 7.03. The first-order chi connectivity index (χ1) is 13.1. The van der Waals surface area contributed by atoms with E-state index in [2.05, 4.69) is 20.9 Å². The molecule has 1 unspecified atom stereocenters. The Hall–Kier alpha value is -3.48. The van der Waals surface area contributed by atoms with E-state index in [4.69, 9.17) is 0 Å². The summed E-state index contributed by atoms with van der Waals surface area (Å²) in [5.41, 5.74) is 5.86. The van der Waals surface area contributed by atoms with Gasteiger partial charge in [-0.2, -0.15) is 10.2 Å². The van der Waals surface area contributed by atoms with Crippen LogP contribution in [0.15, 0.2) is 59.8 Å². The molecule has 7 nitrogen and oxygen atoms in total. The van der Waals surface area contributed by atoms with Gasteiger partial charge in [-0.1, -0.05) is 37.3 Å². The van der Waals surface area contributed by atoms with Gasteiger partial charge in [0.1, 0.15) is 6.54 Å². The van der Waals surface area contributed by atoms with Crippen molar-refractivity contribution in [3.05, 3.63) is 60.3 Å². The zero-order valence-corrected chi connectivity index (χ0v) is 14.8. The molecule has 2 amide bonds. The Bertz CT molecular complexity index is 1000. The Morgan fingerprint density at radius 1 is 1.22 bits per heavy atom. The number of nitrogens with one attached hydrogen (secondary N) is 2. The topological polar surface area (TPSA) is 88.4 Å². The lowest BCUT2D eigenvalue weighted by molar-refractivity contribution is -0.122. The maximum atomic E-state index is 12.3. The van der Waals surface area contributed by atoms with E-state index in [-0.39, 0.29) is 24.3 Å². The summed E-state index contributed by atoms with van der Waals surface area (Å²) in [5.74, 6) is -0.152. The van der Waals surface area contributed by atoms with Gasteiger partial charge in [0.15, 0.2) is 0 Å². The molecule has 0 saturated heterocycles. The molecule has 7 heteroatoms. The van der Waals surface area contributed by atoms with Crippen molar-refractivity contribution in [3.8, 4) is 0 Å². The number of rotatable bonds is 4. The van der Waals surface area contributed by atoms with E-state index in [1.54, 1.807) is 4.68 Å². The number of carbonyl (C=O) groups excluding carboxylic acids is 2. The third-order valence-electron chi connectivity index (χ3n) is 4.49. The van der Waals surface area contributed by atoms with Crippen molar-refractivity contribution in [2.45, 2.75) is 19.9 Å². The molecule has 4 rings (SSSR count). The molecule has 0 spiro atoms. The zero-order chi connectivity index (χ0) is 18.8. The van der Waals surface area contributed by atoms with Gasteiger partial charge in [-0.05, 0) is 23.8 Å². The molecule has 0 fully saturated rings. The summed E-state index contributed by atoms with van der Waals surface area (Å²) in [5, 5.41) is 12.4. The van der Waals surface area contributed by atoms with Crippen LogP contribution in [0, 0.1) is 5.92 Å². The number of hydrogen-bond acceptors (Lipinski definition) is 4. The van der Waals surface area contributed by atoms with Crippen molar-refractivity contribution in [1.29, 1.82) is 0 Å². The molecule has 0 saturated carbocycles. The number of hydrazone groups is 1. The lowest BCUT2D eigenvalue weighted by Gasteiger charge is -2.19. The number of anilines is 1. The SMILES string of the molecule is CC1CC(=O)NN=C1c1ccc(NC(=O)Cn2cc3ccccc3n2)cc1. The van der Waals surface area contributed by atoms with Crippen LogP contribution in [0.2, 0.25) is 0 Å². The maximum Gasteiger partial charge on any atom is 0.246 e. The Labute approximate surface area is 156 Å². The maximum absolute atomic E-state index is 12.3. The first-order valence-corrected chi connectivity index (χ1v) is 8.77. The number of carbonyl (C=O) groups is 2. The van der Waals surface area contributed by atoms with Crippen LogP contribution in [-0.4, -0.2) is 27.3 Å². The van der Waals surface area contributed by atoms with E-state index in [9.17, 15) is 9.59 Å². The van der Waals surface area contributed by atoms with Gasteiger partial charge in [-0.15, -0.1) is 0 Å². The van der Waals surface area contributed by atoms with E-state index in [0.29, 0.717) is 12.1 Å². The van der Waals surface area contributed by atoms with Crippen LogP contribution < -0.4 is 10.7 Å². The number of nitrogens with zero attached hydrogens (tertiary/aromatic N) is 3. The molecular weight excluding hydrogens is 342 g/mol. The molecule has 0 bridgehead atoms. The zero-order valence-electron chi connectivity index (χ0n) is 14.8. The molecule has 1 aliphatic heterocycles. The van der Waals surface area contributed by atoms with E-state index in [1.807, 2.05) is 61.7 Å². The quantitative estimate of drug-likeness (QED) is 0.748. The predicted molar refractivity (Wildman–Crippen MR) is 103 cm³/mol. The smallest absolute Gasteiger partial charge is 0.246 e. The van der Waals surface area contributed by atoms with Crippen LogP contribution in [0.25, 0.3) is 10.9 Å². The minimum Gasteiger partial charge on any atom is -0.324 e. The highest BCUT2D eigenvalue weighted by atomic mass is 16.2. The van der Waals surface area contributed by atoms with Gasteiger partial charge < -0.3 is 5.32 Å². The lowest BCUT2D eigenvalue weighted by atomic mass is 9.94. The lowest BCUT2D eigenvalue weighted by Crippen LogP contribution is -2.31. The fourth-order valence-corrected chi connectivity index (χ4v) is 3.17. The highest BCUT2D eigenvalue weighted by Crippen LogP contribution is 2.18. The molecule has 136 valence electrons. The molecule has 1 atom stereocenters. The number of benzene rings is 2. The molecule has 2 heterocycles. The summed E-state index contributed by atoms with van der Waals surface area (Å²) in [6, 6.07) is 15.2. The molecule has 3 aromatic rings. The third kappa shape index (κ3) is 3.72. The van der Waals surface area contributed by atoms with E-state index in [1.165, 1.54) is 0 Å². The van der Waals surface area contributed by atoms with Crippen LogP contribution in [0.3, 0.4) is 0 Å². The Morgan fingerprint density at radius 3 is 2.74 bits per heavy atom. The summed E-state index contributed by atoms with van der Waals surface area (Å²) in [4.78, 5) is 23.7. The second-order valence-corrected chi connectivity index (χ2v) is 6.65. The molecule has 0 radical (unpaired) electrons. The van der Waals surface area contributed by atoms with Crippen molar-refractivity contribution >= 4 is 34.1 Å². The highest BCUT2D eigenvalue weighted by Gasteiger charge is 2.21. The summed E-state index contributed by atoms with van der Waals surface area (Å²) in [6.45, 7) is 2.12. The van der Waals surface area contributed by atoms with Crippen molar-refractivity contribution < 1.29 is 9.59 Å². The van der Waals surface area contributed by atoms with Crippen LogP contribution >= 0.6 is 0 Å². The number of hydrogen-bond donors (Lipinski definition) is 2. The molecule has 0 aliphatic carbocycles. The van der Waals surface area contributed by atoms with Crippen LogP contribution in [0.1, 0.15) is 18.9 Å². The monoisotopic (exact) mass is 361 g/mol. The van der Waals surface area contributed by atoms with Crippen LogP contribution in [0.5, 0.6) is 0 Å². The molecular formula is C20H19N5O2. The normalized spacial score (nSPS) is 16.7. The minimum absolute atomic E-state index is 0.0631. The first kappa shape index (κ1) is 17.0. The van der Waals surface area contributed by atoms with Gasteiger partial charge in [0, 0.05) is 29.6 Å². The van der Waals surface area contributed by atoms with Crippen molar-refractivity contribution in [1.82, 2.24) is 15.2 Å². The standard InChI is InChI=1S/C20H19N5O2/c1-13-10-18(26)22-23-20(13)14-6-8-16(9-7-14)21-19(27)12-25-11-15-4-2-3-5-17(15)24-25/h2-9,11,13H,10,12H2,1H3,(H,21,27)(H,22,26). The highest BCUT2D eigenvalue weighted by molar-refractivity contribution is 6.06. The predicted octanol–water partition coefficient (Wildman–Crippen LogP) is 2.54. The van der Waals surface area contributed by atoms with Gasteiger partial charge in [-0.3, -0.25) is 14.3 Å². The van der Waals surface area contributed by atoms with Gasteiger partial charge in [0.05, 0.1) is 11.2 Å². The average molecular weight is 361 g/mol. The van der Waals surface area contributed by atoms with E-state index in [0.717, 1.165) is 22.2 Å². The summed E-state index contributed by atoms with van der Waals surface area (Å²) in [6.07, 6.45) is 2.28. The van der Waals surface area contributed by atoms with Crippen LogP contribution in [-0.2, 0) is 16.1 Å². The second-order valence-electron chi connectivity index (χ2n) is 6.65. The van der Waals surface area contributed by atoms with E-state index >= 15 is 0 Å². The fraction of sp³-hybridized carbons (Fsp3) is 0.200. The number of aromatic nitrogens is 2. The van der Waals surface area contributed by atoms with Gasteiger partial charge in [0.25, 0.3) is 0 Å².